The number of thiocarbonyl (C=S) groups is 1. The van der Waals surface area contributed by atoms with Crippen LogP contribution < -0.4 is 10.6 Å². The zero-order valence-corrected chi connectivity index (χ0v) is 17.2. The van der Waals surface area contributed by atoms with Gasteiger partial charge in [-0.25, -0.2) is 4.98 Å². The zero-order valence-electron chi connectivity index (χ0n) is 16.4. The molecular formula is C22H25N3O2S. The van der Waals surface area contributed by atoms with Crippen LogP contribution in [0.2, 0.25) is 0 Å². The number of oxazole rings is 1. The van der Waals surface area contributed by atoms with Gasteiger partial charge >= 0.3 is 0 Å². The highest BCUT2D eigenvalue weighted by molar-refractivity contribution is 7.80. The van der Waals surface area contributed by atoms with Crippen LogP contribution in [0.4, 0.5) is 5.69 Å². The van der Waals surface area contributed by atoms with E-state index in [2.05, 4.69) is 34.7 Å². The number of amides is 1. The van der Waals surface area contributed by atoms with Crippen LogP contribution in [0.15, 0.2) is 46.9 Å². The molecule has 28 heavy (non-hydrogen) atoms. The Morgan fingerprint density at radius 1 is 1.14 bits per heavy atom. The summed E-state index contributed by atoms with van der Waals surface area (Å²) in [6.07, 6.45) is 2.05. The number of anilines is 1. The zero-order chi connectivity index (χ0) is 20.1. The van der Waals surface area contributed by atoms with Gasteiger partial charge in [-0.1, -0.05) is 39.0 Å². The van der Waals surface area contributed by atoms with Crippen LogP contribution in [0.3, 0.4) is 0 Å². The van der Waals surface area contributed by atoms with Crippen molar-refractivity contribution in [2.75, 3.05) is 5.32 Å². The van der Waals surface area contributed by atoms with E-state index in [4.69, 9.17) is 16.6 Å². The topological polar surface area (TPSA) is 67.2 Å². The minimum Gasteiger partial charge on any atom is -0.440 e. The van der Waals surface area contributed by atoms with Gasteiger partial charge in [0.1, 0.15) is 5.52 Å². The normalized spacial score (nSPS) is 11.0. The Morgan fingerprint density at radius 2 is 1.86 bits per heavy atom. The first kappa shape index (κ1) is 20.0. The van der Waals surface area contributed by atoms with Gasteiger partial charge in [-0.3, -0.25) is 4.79 Å². The second-order valence-electron chi connectivity index (χ2n) is 7.24. The van der Waals surface area contributed by atoms with Crippen molar-refractivity contribution >= 4 is 40.0 Å². The molecule has 0 aliphatic carbocycles. The maximum absolute atomic E-state index is 11.8. The number of benzene rings is 2. The second-order valence-corrected chi connectivity index (χ2v) is 7.65. The van der Waals surface area contributed by atoms with Gasteiger partial charge in [0.05, 0.1) is 0 Å². The molecule has 1 aromatic heterocycles. The van der Waals surface area contributed by atoms with Crippen LogP contribution in [0.1, 0.15) is 44.2 Å². The number of carbonyl (C=O) groups is 1. The van der Waals surface area contributed by atoms with E-state index in [-0.39, 0.29) is 5.91 Å². The van der Waals surface area contributed by atoms with Crippen molar-refractivity contribution in [3.8, 4) is 0 Å². The molecule has 5 nitrogen and oxygen atoms in total. The van der Waals surface area contributed by atoms with Gasteiger partial charge in [-0.15, -0.1) is 0 Å². The number of rotatable bonds is 6. The van der Waals surface area contributed by atoms with E-state index >= 15 is 0 Å². The Labute approximate surface area is 170 Å². The van der Waals surface area contributed by atoms with E-state index in [1.54, 1.807) is 0 Å². The molecule has 0 radical (unpaired) electrons. The third-order valence-corrected chi connectivity index (χ3v) is 4.52. The summed E-state index contributed by atoms with van der Waals surface area (Å²) < 4.78 is 5.85. The lowest BCUT2D eigenvalue weighted by molar-refractivity contribution is -0.120. The van der Waals surface area contributed by atoms with Gasteiger partial charge in [0.15, 0.2) is 16.6 Å². The molecule has 0 atom stereocenters. The molecule has 146 valence electrons. The molecular weight excluding hydrogens is 370 g/mol. The Kier molecular flexibility index (Phi) is 6.41. The molecule has 0 aliphatic rings. The summed E-state index contributed by atoms with van der Waals surface area (Å²) in [5.41, 5.74) is 4.87. The van der Waals surface area contributed by atoms with E-state index in [1.807, 2.05) is 44.2 Å². The number of aromatic nitrogens is 1. The third kappa shape index (κ3) is 5.39. The quantitative estimate of drug-likeness (QED) is 0.585. The smallest absolute Gasteiger partial charge is 0.226 e. The van der Waals surface area contributed by atoms with Gasteiger partial charge in [0, 0.05) is 18.5 Å². The van der Waals surface area contributed by atoms with Crippen molar-refractivity contribution in [1.82, 2.24) is 10.3 Å². The highest BCUT2D eigenvalue weighted by Crippen LogP contribution is 2.20. The van der Waals surface area contributed by atoms with Crippen LogP contribution in [0.25, 0.3) is 11.1 Å². The number of nitrogens with one attached hydrogen (secondary N) is 2. The van der Waals surface area contributed by atoms with Crippen molar-refractivity contribution in [1.29, 1.82) is 0 Å². The first-order chi connectivity index (χ1) is 13.4. The van der Waals surface area contributed by atoms with Gasteiger partial charge in [0.2, 0.25) is 5.91 Å². The molecule has 0 bridgehead atoms. The number of nitrogens with zero attached hydrogens (tertiary/aromatic N) is 1. The maximum Gasteiger partial charge on any atom is 0.226 e. The summed E-state index contributed by atoms with van der Waals surface area (Å²) >= 11 is 5.19. The molecule has 0 aliphatic heterocycles. The average molecular weight is 396 g/mol. The number of fused-ring (bicyclic) bond motifs is 1. The van der Waals surface area contributed by atoms with Crippen LogP contribution >= 0.6 is 12.2 Å². The molecule has 3 aromatic rings. The molecule has 3 rings (SSSR count). The van der Waals surface area contributed by atoms with E-state index in [0.717, 1.165) is 28.8 Å². The summed E-state index contributed by atoms with van der Waals surface area (Å²) in [4.78, 5) is 16.4. The van der Waals surface area contributed by atoms with Crippen LogP contribution in [0.5, 0.6) is 0 Å². The Hall–Kier alpha value is -2.73. The number of hydrogen-bond donors (Lipinski definition) is 2. The monoisotopic (exact) mass is 395 g/mol. The standard InChI is InChI=1S/C22H25N3O2S/c1-4-15-7-10-19-18(12-15)24-21(27-19)13-16-5-8-17(9-6-16)23-22(28)25-20(26)11-14(2)3/h5-10,12,14H,4,11,13H2,1-3H3,(H2,23,25,26,28). The summed E-state index contributed by atoms with van der Waals surface area (Å²) in [6, 6.07) is 14.0. The van der Waals surface area contributed by atoms with Gasteiger partial charge in [0.25, 0.3) is 0 Å². The number of carbonyl (C=O) groups excluding carboxylic acids is 1. The molecule has 0 saturated carbocycles. The van der Waals surface area contributed by atoms with E-state index in [0.29, 0.717) is 29.8 Å². The lowest BCUT2D eigenvalue weighted by Gasteiger charge is -2.11. The number of hydrogen-bond acceptors (Lipinski definition) is 4. The summed E-state index contributed by atoms with van der Waals surface area (Å²) in [7, 11) is 0. The second kappa shape index (κ2) is 8.97. The fraction of sp³-hybridized carbons (Fsp3) is 0.318. The largest absolute Gasteiger partial charge is 0.440 e. The molecule has 6 heteroatoms. The minimum atomic E-state index is -0.0775. The van der Waals surface area contributed by atoms with Crippen molar-refractivity contribution < 1.29 is 9.21 Å². The van der Waals surface area contributed by atoms with E-state index < -0.39 is 0 Å². The molecule has 2 N–H and O–H groups in total. The highest BCUT2D eigenvalue weighted by atomic mass is 32.1. The van der Waals surface area contributed by atoms with Crippen molar-refractivity contribution in [3.63, 3.8) is 0 Å². The Balaban J connectivity index is 1.60. The van der Waals surface area contributed by atoms with E-state index in [9.17, 15) is 4.79 Å². The lowest BCUT2D eigenvalue weighted by Crippen LogP contribution is -2.34. The van der Waals surface area contributed by atoms with Gasteiger partial charge in [-0.2, -0.15) is 0 Å². The summed E-state index contributed by atoms with van der Waals surface area (Å²) in [5, 5.41) is 6.04. The van der Waals surface area contributed by atoms with Crippen molar-refractivity contribution in [2.24, 2.45) is 5.92 Å². The molecule has 0 fully saturated rings. The van der Waals surface area contributed by atoms with Crippen LogP contribution in [0, 0.1) is 5.92 Å². The third-order valence-electron chi connectivity index (χ3n) is 4.32. The summed E-state index contributed by atoms with van der Waals surface area (Å²) in [6.45, 7) is 6.11. The van der Waals surface area contributed by atoms with Gasteiger partial charge < -0.3 is 15.1 Å². The molecule has 2 aromatic carbocycles. The van der Waals surface area contributed by atoms with E-state index in [1.165, 1.54) is 5.56 Å². The summed E-state index contributed by atoms with van der Waals surface area (Å²) in [5.74, 6) is 0.911. The molecule has 0 spiro atoms. The van der Waals surface area contributed by atoms with Crippen LogP contribution in [-0.4, -0.2) is 16.0 Å². The van der Waals surface area contributed by atoms with Gasteiger partial charge in [-0.05, 0) is 59.9 Å². The molecule has 0 saturated heterocycles. The maximum atomic E-state index is 11.8. The van der Waals surface area contributed by atoms with Crippen molar-refractivity contribution in [3.05, 3.63) is 59.5 Å². The minimum absolute atomic E-state index is 0.0775. The predicted molar refractivity (Wildman–Crippen MR) is 116 cm³/mol. The Bertz CT molecular complexity index is 977. The fourth-order valence-electron chi connectivity index (χ4n) is 2.91. The van der Waals surface area contributed by atoms with Crippen LogP contribution in [-0.2, 0) is 17.6 Å². The molecule has 1 heterocycles. The molecule has 0 unspecified atom stereocenters. The lowest BCUT2D eigenvalue weighted by atomic mass is 10.1. The predicted octanol–water partition coefficient (Wildman–Crippen LogP) is 4.84. The molecule has 1 amide bonds. The highest BCUT2D eigenvalue weighted by Gasteiger charge is 2.09. The first-order valence-electron chi connectivity index (χ1n) is 9.51. The fourth-order valence-corrected chi connectivity index (χ4v) is 3.14. The first-order valence-corrected chi connectivity index (χ1v) is 9.92. The Morgan fingerprint density at radius 3 is 2.54 bits per heavy atom. The number of aryl methyl sites for hydroxylation is 1. The SMILES string of the molecule is CCc1ccc2oc(Cc3ccc(NC(=S)NC(=O)CC(C)C)cc3)nc2c1. The van der Waals surface area contributed by atoms with Crippen molar-refractivity contribution in [2.45, 2.75) is 40.0 Å². The average Bonchev–Trinajstić information content (AvgIpc) is 3.03.